The van der Waals surface area contributed by atoms with E-state index in [4.69, 9.17) is 0 Å². The van der Waals surface area contributed by atoms with Crippen LogP contribution in [0.15, 0.2) is 110 Å². The number of carbonyl (C=O) groups excluding carboxylic acids is 6. The van der Waals surface area contributed by atoms with Crippen molar-refractivity contribution in [2.45, 2.75) is 0 Å². The van der Waals surface area contributed by atoms with Gasteiger partial charge in [-0.05, 0) is 72.8 Å². The summed E-state index contributed by atoms with van der Waals surface area (Å²) in [5, 5.41) is 64.2. The SMILES string of the molecule is Cl.O=C([O-])c1ccnc(-c2cc(C(=O)[O-])ccn2)c1.O=C([O-])c1ccnc(-c2cc(C(=O)[O-])ccn2)c1.O=C([O-])c1ccnc(-c2cc(C(=O)[O-])ccn2)c1.[Ru+2]. The van der Waals surface area contributed by atoms with Crippen molar-refractivity contribution in [1.29, 1.82) is 0 Å². The van der Waals surface area contributed by atoms with Crippen molar-refractivity contribution in [3.8, 4) is 34.2 Å². The molecule has 18 nitrogen and oxygen atoms in total. The molecule has 0 radical (unpaired) electrons. The monoisotopic (exact) mass is 864 g/mol. The molecule has 0 atom stereocenters. The normalized spacial score (nSPS) is 9.64. The molecular formula is C36H19ClN6O12Ru-4. The smallest absolute Gasteiger partial charge is 0.545 e. The van der Waals surface area contributed by atoms with Gasteiger partial charge in [0, 0.05) is 70.6 Å². The van der Waals surface area contributed by atoms with Gasteiger partial charge in [0.1, 0.15) is 0 Å². The molecule has 0 bridgehead atoms. The Morgan fingerprint density at radius 2 is 0.429 bits per heavy atom. The third kappa shape index (κ3) is 12.4. The molecule has 0 fully saturated rings. The second-order valence-electron chi connectivity index (χ2n) is 10.3. The molecular weight excluding hydrogens is 845 g/mol. The van der Waals surface area contributed by atoms with E-state index in [2.05, 4.69) is 29.9 Å². The van der Waals surface area contributed by atoms with Crippen LogP contribution in [0.4, 0.5) is 0 Å². The van der Waals surface area contributed by atoms with Crippen LogP contribution in [0, 0.1) is 0 Å². The standard InChI is InChI=1S/3C12H8N2O4.ClH.Ru/c3*15-11(16)7-1-3-13-9(5-7)10-6-8(12(17)18)2-4-14-10;;/h3*1-6H,(H,15,16)(H,17,18);1H;/q;;;;+2/p-6. The van der Waals surface area contributed by atoms with Gasteiger partial charge in [0.15, 0.2) is 0 Å². The van der Waals surface area contributed by atoms with Gasteiger partial charge < -0.3 is 59.4 Å². The molecule has 6 rings (SSSR count). The first-order chi connectivity index (χ1) is 25.7. The maximum absolute atomic E-state index is 10.7. The Morgan fingerprint density at radius 1 is 0.304 bits per heavy atom. The molecule has 0 aliphatic rings. The second kappa shape index (κ2) is 20.8. The van der Waals surface area contributed by atoms with E-state index in [-0.39, 0.29) is 99.4 Å². The summed E-state index contributed by atoms with van der Waals surface area (Å²) in [6, 6.07) is 15.2. The predicted octanol–water partition coefficient (Wildman–Crippen LogP) is -2.97. The van der Waals surface area contributed by atoms with E-state index in [0.717, 1.165) is 0 Å². The van der Waals surface area contributed by atoms with Gasteiger partial charge in [0.05, 0.1) is 70.0 Å². The minimum atomic E-state index is -1.34. The number of aromatic nitrogens is 6. The molecule has 0 saturated heterocycles. The van der Waals surface area contributed by atoms with Gasteiger partial charge in [-0.1, -0.05) is 0 Å². The van der Waals surface area contributed by atoms with Crippen LogP contribution in [0.2, 0.25) is 0 Å². The fourth-order valence-electron chi connectivity index (χ4n) is 4.19. The third-order valence-corrected chi connectivity index (χ3v) is 6.76. The Hall–Kier alpha value is -7.37. The maximum atomic E-state index is 10.7. The first-order valence-corrected chi connectivity index (χ1v) is 14.8. The van der Waals surface area contributed by atoms with Crippen molar-refractivity contribution >= 4 is 48.2 Å². The molecule has 6 aromatic heterocycles. The van der Waals surface area contributed by atoms with E-state index in [0.29, 0.717) is 0 Å². The first-order valence-electron chi connectivity index (χ1n) is 14.8. The largest absolute Gasteiger partial charge is 2.00 e. The molecule has 0 aliphatic carbocycles. The zero-order valence-corrected chi connectivity index (χ0v) is 30.3. The fraction of sp³-hybridized carbons (Fsp3) is 0. The van der Waals surface area contributed by atoms with Gasteiger partial charge in [-0.15, -0.1) is 12.4 Å². The molecule has 284 valence electrons. The summed E-state index contributed by atoms with van der Waals surface area (Å²) in [7, 11) is 0. The number of carboxylic acid groups (broad SMARTS) is 6. The molecule has 0 unspecified atom stereocenters. The molecule has 0 aliphatic heterocycles. The molecule has 56 heavy (non-hydrogen) atoms. The number of halogens is 1. The van der Waals surface area contributed by atoms with E-state index < -0.39 is 35.8 Å². The number of hydrogen-bond donors (Lipinski definition) is 0. The van der Waals surface area contributed by atoms with Crippen molar-refractivity contribution in [2.75, 3.05) is 0 Å². The van der Waals surface area contributed by atoms with E-state index in [1.54, 1.807) is 0 Å². The summed E-state index contributed by atoms with van der Waals surface area (Å²) < 4.78 is 0. The maximum Gasteiger partial charge on any atom is 2.00 e. The van der Waals surface area contributed by atoms with Gasteiger partial charge >= 0.3 is 19.5 Å². The first kappa shape index (κ1) is 44.8. The molecule has 6 aromatic rings. The minimum absolute atomic E-state index is 0. The Balaban J connectivity index is 0.000000285. The van der Waals surface area contributed by atoms with Gasteiger partial charge in [-0.25, -0.2) is 0 Å². The molecule has 0 aromatic carbocycles. The summed E-state index contributed by atoms with van der Waals surface area (Å²) in [5.74, 6) is -8.03. The number of hydrogen-bond acceptors (Lipinski definition) is 18. The third-order valence-electron chi connectivity index (χ3n) is 6.76. The Morgan fingerprint density at radius 3 is 0.536 bits per heavy atom. The Labute approximate surface area is 333 Å². The van der Waals surface area contributed by atoms with E-state index >= 15 is 0 Å². The Bertz CT molecular complexity index is 1990. The van der Waals surface area contributed by atoms with Crippen molar-refractivity contribution < 1.29 is 78.9 Å². The number of nitrogens with zero attached hydrogens (tertiary/aromatic N) is 6. The number of carboxylic acids is 6. The van der Waals surface area contributed by atoms with Crippen LogP contribution in [0.5, 0.6) is 0 Å². The number of aromatic carboxylic acids is 6. The van der Waals surface area contributed by atoms with E-state index in [1.165, 1.54) is 110 Å². The van der Waals surface area contributed by atoms with Gasteiger partial charge in [-0.2, -0.15) is 0 Å². The van der Waals surface area contributed by atoms with Crippen LogP contribution < -0.4 is 30.6 Å². The van der Waals surface area contributed by atoms with Gasteiger partial charge in [0.25, 0.3) is 0 Å². The predicted molar refractivity (Wildman–Crippen MR) is 176 cm³/mol. The number of rotatable bonds is 9. The van der Waals surface area contributed by atoms with Gasteiger partial charge in [0.2, 0.25) is 0 Å². The van der Waals surface area contributed by atoms with Crippen LogP contribution in [0.1, 0.15) is 62.1 Å². The quantitative estimate of drug-likeness (QED) is 0.131. The molecule has 0 spiro atoms. The molecule has 0 amide bonds. The minimum Gasteiger partial charge on any atom is -0.545 e. The second-order valence-corrected chi connectivity index (χ2v) is 10.3. The summed E-state index contributed by atoms with van der Waals surface area (Å²) in [6.07, 6.45) is 7.71. The van der Waals surface area contributed by atoms with Crippen LogP contribution >= 0.6 is 12.4 Å². The van der Waals surface area contributed by atoms with Gasteiger partial charge in [-0.3, -0.25) is 29.9 Å². The summed E-state index contributed by atoms with van der Waals surface area (Å²) in [4.78, 5) is 87.7. The summed E-state index contributed by atoms with van der Waals surface area (Å²) in [5.41, 5.74) is 1.17. The van der Waals surface area contributed by atoms with Crippen LogP contribution in [-0.4, -0.2) is 65.7 Å². The van der Waals surface area contributed by atoms with Crippen molar-refractivity contribution in [3.05, 3.63) is 143 Å². The number of pyridine rings is 6. The summed E-state index contributed by atoms with van der Waals surface area (Å²) >= 11 is 0. The Kier molecular flexibility index (Phi) is 16.6. The molecule has 0 N–H and O–H groups in total. The molecule has 6 heterocycles. The van der Waals surface area contributed by atoms with Crippen LogP contribution in [0.25, 0.3) is 34.2 Å². The van der Waals surface area contributed by atoms with E-state index in [9.17, 15) is 59.4 Å². The average Bonchev–Trinajstić information content (AvgIpc) is 3.18. The van der Waals surface area contributed by atoms with E-state index in [1.807, 2.05) is 0 Å². The van der Waals surface area contributed by atoms with Crippen molar-refractivity contribution in [3.63, 3.8) is 0 Å². The van der Waals surface area contributed by atoms with Crippen molar-refractivity contribution in [2.24, 2.45) is 0 Å². The average molecular weight is 864 g/mol. The molecule has 20 heteroatoms. The fourth-order valence-corrected chi connectivity index (χ4v) is 4.19. The molecule has 0 saturated carbocycles. The zero-order valence-electron chi connectivity index (χ0n) is 27.7. The zero-order chi connectivity index (χ0) is 39.4. The van der Waals surface area contributed by atoms with Crippen LogP contribution in [0.3, 0.4) is 0 Å². The summed E-state index contributed by atoms with van der Waals surface area (Å²) in [6.45, 7) is 0. The van der Waals surface area contributed by atoms with Crippen molar-refractivity contribution in [1.82, 2.24) is 29.9 Å². The van der Waals surface area contributed by atoms with Crippen LogP contribution in [-0.2, 0) is 19.5 Å². The number of carbonyl (C=O) groups is 6. The topological polar surface area (TPSA) is 318 Å².